The maximum absolute atomic E-state index is 12.0. The molecule has 0 spiro atoms. The van der Waals surface area contributed by atoms with Gasteiger partial charge < -0.3 is 14.5 Å². The Kier molecular flexibility index (Phi) is 4.14. The number of fused-ring (bicyclic) bond motifs is 1. The third kappa shape index (κ3) is 3.60. The van der Waals surface area contributed by atoms with Gasteiger partial charge in [0.15, 0.2) is 5.58 Å². The van der Waals surface area contributed by atoms with Gasteiger partial charge in [0.1, 0.15) is 5.75 Å². The van der Waals surface area contributed by atoms with Crippen LogP contribution >= 0.6 is 0 Å². The predicted octanol–water partition coefficient (Wildman–Crippen LogP) is 2.70. The van der Waals surface area contributed by atoms with E-state index >= 15 is 0 Å². The third-order valence-electron chi connectivity index (χ3n) is 3.48. The number of amides is 1. The second-order valence-corrected chi connectivity index (χ2v) is 5.13. The Labute approximate surface area is 132 Å². The van der Waals surface area contributed by atoms with Crippen molar-refractivity contribution >= 4 is 22.7 Å². The lowest BCUT2D eigenvalue weighted by Gasteiger charge is -2.07. The Morgan fingerprint density at radius 1 is 1.26 bits per heavy atom. The van der Waals surface area contributed by atoms with E-state index in [1.54, 1.807) is 19.2 Å². The summed E-state index contributed by atoms with van der Waals surface area (Å²) in [6, 6.07) is 12.6. The molecule has 1 heterocycles. The molecule has 6 nitrogen and oxygen atoms in total. The molecule has 0 fully saturated rings. The molecule has 1 amide bonds. The van der Waals surface area contributed by atoms with Gasteiger partial charge in [0, 0.05) is 18.2 Å². The Balaban J connectivity index is 1.62. The van der Waals surface area contributed by atoms with Gasteiger partial charge in [0.25, 0.3) is 0 Å². The summed E-state index contributed by atoms with van der Waals surface area (Å²) < 4.78 is 10.1. The molecule has 2 aromatic carbocycles. The van der Waals surface area contributed by atoms with E-state index in [4.69, 9.17) is 9.15 Å². The fraction of sp³-hybridized carbons (Fsp3) is 0.176. The number of H-pyrrole nitrogens is 1. The van der Waals surface area contributed by atoms with Gasteiger partial charge >= 0.3 is 5.76 Å². The largest absolute Gasteiger partial charge is 0.497 e. The fourth-order valence-corrected chi connectivity index (χ4v) is 2.34. The van der Waals surface area contributed by atoms with Crippen molar-refractivity contribution in [2.45, 2.75) is 12.8 Å². The van der Waals surface area contributed by atoms with Gasteiger partial charge in [0.2, 0.25) is 5.91 Å². The van der Waals surface area contributed by atoms with Crippen LogP contribution in [0, 0.1) is 0 Å². The number of hydrogen-bond acceptors (Lipinski definition) is 4. The summed E-state index contributed by atoms with van der Waals surface area (Å²) in [5.41, 5.74) is 2.81. The Bertz CT molecular complexity index is 895. The SMILES string of the molecule is COc1cccc(NC(=O)CCc2ccc3oc(=O)[nH]c3c2)c1. The number of carbonyl (C=O) groups excluding carboxylic acids is 1. The maximum atomic E-state index is 12.0. The van der Waals surface area contributed by atoms with Crippen LogP contribution in [0.25, 0.3) is 11.1 Å². The number of hydrogen-bond donors (Lipinski definition) is 2. The molecule has 0 aliphatic rings. The Hall–Kier alpha value is -3.02. The number of aromatic amines is 1. The summed E-state index contributed by atoms with van der Waals surface area (Å²) in [4.78, 5) is 25.8. The van der Waals surface area contributed by atoms with Crippen molar-refractivity contribution in [1.29, 1.82) is 0 Å². The lowest BCUT2D eigenvalue weighted by atomic mass is 10.1. The molecule has 0 bridgehead atoms. The lowest BCUT2D eigenvalue weighted by molar-refractivity contribution is -0.116. The van der Waals surface area contributed by atoms with Crippen molar-refractivity contribution in [1.82, 2.24) is 4.98 Å². The summed E-state index contributed by atoms with van der Waals surface area (Å²) in [5.74, 6) is 0.129. The minimum atomic E-state index is -0.479. The van der Waals surface area contributed by atoms with E-state index in [1.165, 1.54) is 0 Å². The van der Waals surface area contributed by atoms with Crippen LogP contribution < -0.4 is 15.8 Å². The van der Waals surface area contributed by atoms with E-state index in [2.05, 4.69) is 10.3 Å². The molecule has 118 valence electrons. The molecule has 0 radical (unpaired) electrons. The molecule has 0 unspecified atom stereocenters. The van der Waals surface area contributed by atoms with E-state index in [1.807, 2.05) is 30.3 Å². The van der Waals surface area contributed by atoms with Crippen molar-refractivity contribution in [3.05, 3.63) is 58.6 Å². The smallest absolute Gasteiger partial charge is 0.417 e. The molecular weight excluding hydrogens is 296 g/mol. The number of methoxy groups -OCH3 is 1. The molecule has 2 N–H and O–H groups in total. The molecule has 6 heteroatoms. The van der Waals surface area contributed by atoms with Gasteiger partial charge in [0.05, 0.1) is 12.6 Å². The highest BCUT2D eigenvalue weighted by molar-refractivity contribution is 5.91. The highest BCUT2D eigenvalue weighted by atomic mass is 16.5. The summed E-state index contributed by atoms with van der Waals surface area (Å²) in [6.07, 6.45) is 0.907. The lowest BCUT2D eigenvalue weighted by Crippen LogP contribution is -2.12. The van der Waals surface area contributed by atoms with Gasteiger partial charge in [-0.05, 0) is 36.2 Å². The minimum Gasteiger partial charge on any atom is -0.497 e. The number of rotatable bonds is 5. The maximum Gasteiger partial charge on any atom is 0.417 e. The number of carbonyl (C=O) groups is 1. The zero-order valence-corrected chi connectivity index (χ0v) is 12.6. The van der Waals surface area contributed by atoms with Crippen LogP contribution in [-0.4, -0.2) is 18.0 Å². The minimum absolute atomic E-state index is 0.0842. The van der Waals surface area contributed by atoms with Crippen molar-refractivity contribution in [3.8, 4) is 5.75 Å². The zero-order valence-electron chi connectivity index (χ0n) is 12.6. The quantitative estimate of drug-likeness (QED) is 0.758. The summed E-state index contributed by atoms with van der Waals surface area (Å²) >= 11 is 0. The van der Waals surface area contributed by atoms with E-state index < -0.39 is 5.76 Å². The second kappa shape index (κ2) is 6.39. The monoisotopic (exact) mass is 312 g/mol. The first kappa shape index (κ1) is 14.9. The third-order valence-corrected chi connectivity index (χ3v) is 3.48. The molecule has 3 aromatic rings. The molecule has 0 saturated heterocycles. The molecule has 1 aromatic heterocycles. The second-order valence-electron chi connectivity index (χ2n) is 5.13. The van der Waals surface area contributed by atoms with E-state index in [0.29, 0.717) is 35.4 Å². The van der Waals surface area contributed by atoms with Gasteiger partial charge in [-0.25, -0.2) is 4.79 Å². The van der Waals surface area contributed by atoms with Crippen molar-refractivity contribution in [3.63, 3.8) is 0 Å². The molecular formula is C17H16N2O4. The predicted molar refractivity (Wildman–Crippen MR) is 86.8 cm³/mol. The first-order valence-corrected chi connectivity index (χ1v) is 7.20. The van der Waals surface area contributed by atoms with Gasteiger partial charge in [-0.1, -0.05) is 12.1 Å². The van der Waals surface area contributed by atoms with Crippen LogP contribution in [0.5, 0.6) is 5.75 Å². The molecule has 3 rings (SSSR count). The van der Waals surface area contributed by atoms with E-state index in [9.17, 15) is 9.59 Å². The van der Waals surface area contributed by atoms with Crippen LogP contribution in [0.2, 0.25) is 0 Å². The topological polar surface area (TPSA) is 84.3 Å². The van der Waals surface area contributed by atoms with Gasteiger partial charge in [-0.2, -0.15) is 0 Å². The van der Waals surface area contributed by atoms with Crippen LogP contribution in [0.4, 0.5) is 5.69 Å². The van der Waals surface area contributed by atoms with E-state index in [-0.39, 0.29) is 5.91 Å². The molecule has 23 heavy (non-hydrogen) atoms. The van der Waals surface area contributed by atoms with Crippen molar-refractivity contribution in [2.24, 2.45) is 0 Å². The zero-order chi connectivity index (χ0) is 16.2. The number of oxazole rings is 1. The number of aromatic nitrogens is 1. The Morgan fingerprint density at radius 2 is 2.13 bits per heavy atom. The normalized spacial score (nSPS) is 10.7. The van der Waals surface area contributed by atoms with Crippen LogP contribution in [0.15, 0.2) is 51.7 Å². The fourth-order valence-electron chi connectivity index (χ4n) is 2.34. The highest BCUT2D eigenvalue weighted by Gasteiger charge is 2.06. The first-order valence-electron chi connectivity index (χ1n) is 7.20. The number of ether oxygens (including phenoxy) is 1. The average molecular weight is 312 g/mol. The number of aryl methyl sites for hydroxylation is 1. The molecule has 0 aliphatic carbocycles. The number of nitrogens with one attached hydrogen (secondary N) is 2. The number of benzene rings is 2. The van der Waals surface area contributed by atoms with E-state index in [0.717, 1.165) is 5.56 Å². The molecule has 0 atom stereocenters. The molecule has 0 saturated carbocycles. The Morgan fingerprint density at radius 3 is 2.96 bits per heavy atom. The van der Waals surface area contributed by atoms with Gasteiger partial charge in [-0.15, -0.1) is 0 Å². The molecule has 0 aliphatic heterocycles. The first-order chi connectivity index (χ1) is 11.1. The average Bonchev–Trinajstić information content (AvgIpc) is 2.92. The van der Waals surface area contributed by atoms with Gasteiger partial charge in [-0.3, -0.25) is 9.78 Å². The van der Waals surface area contributed by atoms with Crippen LogP contribution in [-0.2, 0) is 11.2 Å². The summed E-state index contributed by atoms with van der Waals surface area (Å²) in [5, 5.41) is 2.83. The standard InChI is InChI=1S/C17H16N2O4/c1-22-13-4-2-3-12(10-13)18-16(20)8-6-11-5-7-15-14(9-11)19-17(21)23-15/h2-5,7,9-10H,6,8H2,1H3,(H,18,20)(H,19,21). The van der Waals surface area contributed by atoms with Crippen LogP contribution in [0.3, 0.4) is 0 Å². The summed E-state index contributed by atoms with van der Waals surface area (Å²) in [7, 11) is 1.58. The number of anilines is 1. The summed E-state index contributed by atoms with van der Waals surface area (Å²) in [6.45, 7) is 0. The van der Waals surface area contributed by atoms with Crippen molar-refractivity contribution in [2.75, 3.05) is 12.4 Å². The highest BCUT2D eigenvalue weighted by Crippen LogP contribution is 2.17. The van der Waals surface area contributed by atoms with Crippen LogP contribution in [0.1, 0.15) is 12.0 Å². The van der Waals surface area contributed by atoms with Crippen molar-refractivity contribution < 1.29 is 13.9 Å².